The highest BCUT2D eigenvalue weighted by Crippen LogP contribution is 2.31. The molecule has 0 bridgehead atoms. The van der Waals surface area contributed by atoms with Gasteiger partial charge in [-0.15, -0.1) is 0 Å². The second kappa shape index (κ2) is 11.7. The van der Waals surface area contributed by atoms with Gasteiger partial charge < -0.3 is 18.9 Å². The third kappa shape index (κ3) is 6.29. The number of likely N-dealkylation sites (N-methyl/N-ethyl adjacent to an activating group) is 1. The lowest BCUT2D eigenvalue weighted by atomic mass is 10.1. The van der Waals surface area contributed by atoms with Gasteiger partial charge in [-0.25, -0.2) is 9.97 Å². The zero-order valence-corrected chi connectivity index (χ0v) is 23.4. The van der Waals surface area contributed by atoms with Crippen molar-refractivity contribution < 1.29 is 9.47 Å². The Morgan fingerprint density at radius 2 is 1.76 bits per heavy atom. The Labute approximate surface area is 230 Å². The van der Waals surface area contributed by atoms with Crippen LogP contribution in [0.1, 0.15) is 25.0 Å². The SMILES string of the molecule is Cc1cc(OCCN2CCN(C)CC2)ncc1-c1nc2cc(OC(C)C)ccc2n1Cc1ccc(Cl)cc1. The lowest BCUT2D eigenvalue weighted by molar-refractivity contribution is 0.132. The molecule has 2 aromatic heterocycles. The van der Waals surface area contributed by atoms with Crippen molar-refractivity contribution in [2.24, 2.45) is 0 Å². The van der Waals surface area contributed by atoms with Gasteiger partial charge in [-0.3, -0.25) is 4.90 Å². The van der Waals surface area contributed by atoms with Crippen molar-refractivity contribution in [2.75, 3.05) is 46.4 Å². The molecule has 0 spiro atoms. The molecule has 8 heteroatoms. The molecule has 0 radical (unpaired) electrons. The summed E-state index contributed by atoms with van der Waals surface area (Å²) in [4.78, 5) is 14.5. The number of nitrogens with zero attached hydrogens (tertiary/aromatic N) is 5. The summed E-state index contributed by atoms with van der Waals surface area (Å²) in [6.07, 6.45) is 1.98. The number of rotatable bonds is 9. The summed E-state index contributed by atoms with van der Waals surface area (Å²) in [6, 6.07) is 16.1. The third-order valence-corrected chi connectivity index (χ3v) is 7.18. The fraction of sp³-hybridized carbons (Fsp3) is 0.400. The van der Waals surface area contributed by atoms with Gasteiger partial charge in [0.05, 0.1) is 17.1 Å². The largest absolute Gasteiger partial charge is 0.491 e. The van der Waals surface area contributed by atoms with Crippen LogP contribution >= 0.6 is 11.6 Å². The van der Waals surface area contributed by atoms with Crippen LogP contribution in [-0.4, -0.2) is 76.8 Å². The van der Waals surface area contributed by atoms with Crippen LogP contribution in [0.2, 0.25) is 5.02 Å². The minimum absolute atomic E-state index is 0.0957. The fourth-order valence-electron chi connectivity index (χ4n) is 4.79. The van der Waals surface area contributed by atoms with E-state index >= 15 is 0 Å². The number of hydrogen-bond acceptors (Lipinski definition) is 6. The number of hydrogen-bond donors (Lipinski definition) is 0. The molecule has 0 N–H and O–H groups in total. The van der Waals surface area contributed by atoms with E-state index in [1.807, 2.05) is 50.4 Å². The van der Waals surface area contributed by atoms with Gasteiger partial charge in [-0.2, -0.15) is 0 Å². The number of halogens is 1. The predicted molar refractivity (Wildman–Crippen MR) is 153 cm³/mol. The first-order chi connectivity index (χ1) is 18.4. The van der Waals surface area contributed by atoms with E-state index in [0.29, 0.717) is 19.0 Å². The van der Waals surface area contributed by atoms with E-state index < -0.39 is 0 Å². The van der Waals surface area contributed by atoms with Gasteiger partial charge in [0.1, 0.15) is 18.2 Å². The van der Waals surface area contributed by atoms with Crippen LogP contribution in [0.25, 0.3) is 22.4 Å². The molecular weight excluding hydrogens is 498 g/mol. The lowest BCUT2D eigenvalue weighted by Gasteiger charge is -2.32. The maximum atomic E-state index is 6.14. The normalized spacial score (nSPS) is 14.9. The van der Waals surface area contributed by atoms with Crippen LogP contribution in [-0.2, 0) is 6.54 Å². The molecule has 2 aromatic carbocycles. The van der Waals surface area contributed by atoms with Crippen molar-refractivity contribution in [1.82, 2.24) is 24.3 Å². The first kappa shape index (κ1) is 26.5. The highest BCUT2D eigenvalue weighted by Gasteiger charge is 2.18. The van der Waals surface area contributed by atoms with E-state index in [-0.39, 0.29) is 6.10 Å². The van der Waals surface area contributed by atoms with Crippen molar-refractivity contribution in [3.05, 3.63) is 70.9 Å². The zero-order valence-electron chi connectivity index (χ0n) is 22.7. The summed E-state index contributed by atoms with van der Waals surface area (Å²) < 4.78 is 14.2. The number of benzene rings is 2. The van der Waals surface area contributed by atoms with Gasteiger partial charge in [-0.1, -0.05) is 23.7 Å². The second-order valence-corrected chi connectivity index (χ2v) is 10.7. The van der Waals surface area contributed by atoms with Crippen LogP contribution < -0.4 is 9.47 Å². The van der Waals surface area contributed by atoms with Crippen molar-refractivity contribution in [3.8, 4) is 23.0 Å². The Balaban J connectivity index is 1.41. The Kier molecular flexibility index (Phi) is 8.17. The van der Waals surface area contributed by atoms with Gasteiger partial charge in [0.2, 0.25) is 5.88 Å². The van der Waals surface area contributed by atoms with Crippen LogP contribution in [0.5, 0.6) is 11.6 Å². The molecule has 4 aromatic rings. The van der Waals surface area contributed by atoms with Crippen LogP contribution in [0.15, 0.2) is 54.7 Å². The fourth-order valence-corrected chi connectivity index (χ4v) is 4.91. The highest BCUT2D eigenvalue weighted by molar-refractivity contribution is 6.30. The summed E-state index contributed by atoms with van der Waals surface area (Å²) in [6.45, 7) is 12.7. The standard InChI is InChI=1S/C30H36ClN5O2/c1-21(2)38-25-9-10-28-27(18-25)33-30(36(28)20-23-5-7-24(31)8-6-23)26-19-32-29(17-22(26)3)37-16-15-35-13-11-34(4)12-14-35/h5-10,17-19,21H,11-16,20H2,1-4H3. The molecular formula is C30H36ClN5O2. The molecule has 0 atom stereocenters. The van der Waals surface area contributed by atoms with Gasteiger partial charge in [0.25, 0.3) is 0 Å². The van der Waals surface area contributed by atoms with Crippen molar-refractivity contribution >= 4 is 22.6 Å². The van der Waals surface area contributed by atoms with Crippen molar-refractivity contribution in [2.45, 2.75) is 33.4 Å². The molecule has 38 heavy (non-hydrogen) atoms. The molecule has 0 saturated carbocycles. The number of aromatic nitrogens is 3. The summed E-state index contributed by atoms with van der Waals surface area (Å²) in [5.41, 5.74) is 5.12. The Morgan fingerprint density at radius 3 is 2.47 bits per heavy atom. The molecule has 7 nitrogen and oxygen atoms in total. The van der Waals surface area contributed by atoms with Crippen LogP contribution in [0.4, 0.5) is 0 Å². The molecule has 0 aliphatic carbocycles. The number of aryl methyl sites for hydroxylation is 1. The number of pyridine rings is 1. The summed E-state index contributed by atoms with van der Waals surface area (Å²) in [5.74, 6) is 2.33. The van der Waals surface area contributed by atoms with Gasteiger partial charge in [0, 0.05) is 68.2 Å². The van der Waals surface area contributed by atoms with Gasteiger partial charge >= 0.3 is 0 Å². The third-order valence-electron chi connectivity index (χ3n) is 6.93. The van der Waals surface area contributed by atoms with Crippen molar-refractivity contribution in [1.29, 1.82) is 0 Å². The molecule has 0 unspecified atom stereocenters. The smallest absolute Gasteiger partial charge is 0.213 e. The molecule has 5 rings (SSSR count). The minimum atomic E-state index is 0.0957. The zero-order chi connectivity index (χ0) is 26.6. The van der Waals surface area contributed by atoms with Gasteiger partial charge in [-0.05, 0) is 63.2 Å². The Bertz CT molecular complexity index is 1380. The monoisotopic (exact) mass is 533 g/mol. The summed E-state index contributed by atoms with van der Waals surface area (Å²) in [5, 5.41) is 0.725. The van der Waals surface area contributed by atoms with E-state index in [4.69, 9.17) is 26.1 Å². The Hall–Kier alpha value is -3.13. The molecule has 3 heterocycles. The molecule has 1 saturated heterocycles. The number of piperazine rings is 1. The molecule has 1 fully saturated rings. The quantitative estimate of drug-likeness (QED) is 0.282. The van der Waals surface area contributed by atoms with Crippen LogP contribution in [0.3, 0.4) is 0 Å². The maximum Gasteiger partial charge on any atom is 0.213 e. The first-order valence-electron chi connectivity index (χ1n) is 13.3. The summed E-state index contributed by atoms with van der Waals surface area (Å²) in [7, 11) is 2.17. The number of imidazole rings is 1. The van der Waals surface area contributed by atoms with E-state index in [9.17, 15) is 0 Å². The number of fused-ring (bicyclic) bond motifs is 1. The Morgan fingerprint density at radius 1 is 1.00 bits per heavy atom. The maximum absolute atomic E-state index is 6.14. The first-order valence-corrected chi connectivity index (χ1v) is 13.7. The second-order valence-electron chi connectivity index (χ2n) is 10.3. The van der Waals surface area contributed by atoms with E-state index in [1.165, 1.54) is 0 Å². The highest BCUT2D eigenvalue weighted by atomic mass is 35.5. The molecule has 200 valence electrons. The topological polar surface area (TPSA) is 55.6 Å². The average Bonchev–Trinajstić information content (AvgIpc) is 3.23. The van der Waals surface area contributed by atoms with E-state index in [1.54, 1.807) is 0 Å². The molecule has 1 aliphatic heterocycles. The van der Waals surface area contributed by atoms with Gasteiger partial charge in [0.15, 0.2) is 0 Å². The van der Waals surface area contributed by atoms with Crippen LogP contribution in [0, 0.1) is 6.92 Å². The van der Waals surface area contributed by atoms with Crippen molar-refractivity contribution in [3.63, 3.8) is 0 Å². The number of ether oxygens (including phenoxy) is 2. The van der Waals surface area contributed by atoms with E-state index in [0.717, 1.165) is 77.0 Å². The molecule has 0 amide bonds. The predicted octanol–water partition coefficient (Wildman–Crippen LogP) is 5.52. The lowest BCUT2D eigenvalue weighted by Crippen LogP contribution is -2.45. The average molecular weight is 534 g/mol. The van der Waals surface area contributed by atoms with E-state index in [2.05, 4.69) is 51.5 Å². The molecule has 1 aliphatic rings. The minimum Gasteiger partial charge on any atom is -0.491 e. The summed E-state index contributed by atoms with van der Waals surface area (Å²) >= 11 is 6.14.